The van der Waals surface area contributed by atoms with Crippen molar-refractivity contribution in [1.29, 1.82) is 0 Å². The van der Waals surface area contributed by atoms with Gasteiger partial charge >= 0.3 is 0 Å². The number of carbonyl (C=O) groups is 1. The number of nitrogens with one attached hydrogen (secondary N) is 2. The lowest BCUT2D eigenvalue weighted by atomic mass is 10.1. The second-order valence-corrected chi connectivity index (χ2v) is 6.46. The van der Waals surface area contributed by atoms with Gasteiger partial charge in [0.25, 0.3) is 5.91 Å². The maximum atomic E-state index is 11.8. The molecule has 0 aromatic heterocycles. The molecule has 4 N–H and O–H groups in total. The van der Waals surface area contributed by atoms with Gasteiger partial charge in [-0.3, -0.25) is 10.1 Å². The van der Waals surface area contributed by atoms with Gasteiger partial charge in [-0.15, -0.1) is 0 Å². The molecule has 2 aromatic rings. The number of aliphatic hydroxyl groups is 2. The smallest absolute Gasteiger partial charge is 0.250 e. The molecule has 0 saturated heterocycles. The van der Waals surface area contributed by atoms with Crippen LogP contribution in [0.15, 0.2) is 48.5 Å². The van der Waals surface area contributed by atoms with E-state index in [0.29, 0.717) is 23.0 Å². The van der Waals surface area contributed by atoms with E-state index >= 15 is 0 Å². The molecule has 25 heavy (non-hydrogen) atoms. The molecule has 0 bridgehead atoms. The van der Waals surface area contributed by atoms with E-state index in [9.17, 15) is 15.0 Å². The van der Waals surface area contributed by atoms with Crippen molar-refractivity contribution in [3.63, 3.8) is 0 Å². The molecule has 0 unspecified atom stereocenters. The number of hydrogen-bond donors (Lipinski definition) is 4. The molecule has 0 atom stereocenters. The zero-order chi connectivity index (χ0) is 18.3. The molecule has 0 radical (unpaired) electrons. The Balaban J connectivity index is 1.69. The van der Waals surface area contributed by atoms with E-state index in [1.807, 2.05) is 24.3 Å². The van der Waals surface area contributed by atoms with Gasteiger partial charge in [-0.2, -0.15) is 0 Å². The predicted molar refractivity (Wildman–Crippen MR) is 98.4 cm³/mol. The summed E-state index contributed by atoms with van der Waals surface area (Å²) in [5.41, 5.74) is 1.33. The summed E-state index contributed by atoms with van der Waals surface area (Å²) >= 11 is 11.6. The van der Waals surface area contributed by atoms with Crippen molar-refractivity contribution < 1.29 is 15.0 Å². The zero-order valence-electron chi connectivity index (χ0n) is 13.5. The van der Waals surface area contributed by atoms with E-state index in [2.05, 4.69) is 10.6 Å². The number of amides is 1. The van der Waals surface area contributed by atoms with Crippen molar-refractivity contribution in [1.82, 2.24) is 10.6 Å². The van der Waals surface area contributed by atoms with Gasteiger partial charge in [-0.05, 0) is 36.2 Å². The monoisotopic (exact) mass is 382 g/mol. The van der Waals surface area contributed by atoms with Crippen molar-refractivity contribution >= 4 is 29.1 Å². The maximum Gasteiger partial charge on any atom is 0.250 e. The number of benzene rings is 2. The molecule has 0 fully saturated rings. The molecule has 0 saturated carbocycles. The Hall–Kier alpha value is -1.63. The number of rotatable bonds is 8. The fourth-order valence-corrected chi connectivity index (χ4v) is 2.47. The average Bonchev–Trinajstić information content (AvgIpc) is 2.57. The molecule has 5 nitrogen and oxygen atoms in total. The van der Waals surface area contributed by atoms with Crippen LogP contribution in [0.25, 0.3) is 0 Å². The molecule has 0 spiro atoms. The molecular formula is C18H20Cl2N2O3. The highest BCUT2D eigenvalue weighted by Crippen LogP contribution is 2.17. The first-order valence-electron chi connectivity index (χ1n) is 7.84. The normalized spacial score (nSPS) is 11.4. The second-order valence-electron chi connectivity index (χ2n) is 5.58. The van der Waals surface area contributed by atoms with Gasteiger partial charge in [0.05, 0.1) is 0 Å². The number of carbonyl (C=O) groups excluding carboxylic acids is 1. The van der Waals surface area contributed by atoms with Crippen LogP contribution >= 0.6 is 23.2 Å². The molecule has 134 valence electrons. The lowest BCUT2D eigenvalue weighted by Crippen LogP contribution is -2.43. The molecule has 7 heteroatoms. The Morgan fingerprint density at radius 3 is 2.08 bits per heavy atom. The second kappa shape index (κ2) is 9.17. The highest BCUT2D eigenvalue weighted by Gasteiger charge is 2.24. The number of hydrogen-bond acceptors (Lipinski definition) is 4. The predicted octanol–water partition coefficient (Wildman–Crippen LogP) is 2.43. The molecule has 0 aliphatic heterocycles. The maximum absolute atomic E-state index is 11.8. The van der Waals surface area contributed by atoms with Gasteiger partial charge in [-0.1, -0.05) is 47.5 Å². The quantitative estimate of drug-likeness (QED) is 0.528. The van der Waals surface area contributed by atoms with E-state index in [0.717, 1.165) is 5.56 Å². The van der Waals surface area contributed by atoms with Crippen LogP contribution in [0.1, 0.15) is 17.5 Å². The van der Waals surface area contributed by atoms with E-state index in [-0.39, 0.29) is 24.4 Å². The van der Waals surface area contributed by atoms with E-state index in [1.54, 1.807) is 12.1 Å². The summed E-state index contributed by atoms with van der Waals surface area (Å²) in [6.45, 7) is 0.615. The molecule has 0 aliphatic carbocycles. The lowest BCUT2D eigenvalue weighted by molar-refractivity contribution is -0.194. The van der Waals surface area contributed by atoms with Gasteiger partial charge in [0.1, 0.15) is 0 Å². The first-order valence-corrected chi connectivity index (χ1v) is 8.59. The van der Waals surface area contributed by atoms with Crippen LogP contribution < -0.4 is 10.6 Å². The van der Waals surface area contributed by atoms with Crippen LogP contribution in [0.4, 0.5) is 0 Å². The van der Waals surface area contributed by atoms with Crippen LogP contribution in [0.2, 0.25) is 10.0 Å². The Morgan fingerprint density at radius 1 is 0.920 bits per heavy atom. The standard InChI is InChI=1S/C18H20Cl2N2O3/c19-15-5-1-13(2-6-15)9-11-21-17(23)10-12-22-18(24,25)14-3-7-16(20)8-4-14/h1-8,22,24-25H,9-12H2,(H,21,23). The molecule has 0 heterocycles. The van der Waals surface area contributed by atoms with E-state index in [1.165, 1.54) is 12.1 Å². The van der Waals surface area contributed by atoms with Gasteiger partial charge in [-0.25, -0.2) is 0 Å². The summed E-state index contributed by atoms with van der Waals surface area (Å²) in [6.07, 6.45) is 0.822. The fraction of sp³-hybridized carbons (Fsp3) is 0.278. The number of halogens is 2. The van der Waals surface area contributed by atoms with Crippen molar-refractivity contribution in [2.24, 2.45) is 0 Å². The third kappa shape index (κ3) is 6.65. The highest BCUT2D eigenvalue weighted by atomic mass is 35.5. The van der Waals surface area contributed by atoms with E-state index < -0.39 is 5.91 Å². The van der Waals surface area contributed by atoms with Gasteiger partial charge < -0.3 is 15.5 Å². The summed E-state index contributed by atoms with van der Waals surface area (Å²) in [6, 6.07) is 13.6. The molecule has 0 aliphatic rings. The van der Waals surface area contributed by atoms with E-state index in [4.69, 9.17) is 23.2 Å². The van der Waals surface area contributed by atoms with Crippen LogP contribution in [0, 0.1) is 0 Å². The minimum atomic E-state index is -2.21. The Bertz CT molecular complexity index is 688. The van der Waals surface area contributed by atoms with Crippen molar-refractivity contribution in [3.05, 3.63) is 69.7 Å². The highest BCUT2D eigenvalue weighted by molar-refractivity contribution is 6.30. The molecule has 2 rings (SSSR count). The Labute approximate surface area is 156 Å². The van der Waals surface area contributed by atoms with Crippen LogP contribution in [0.3, 0.4) is 0 Å². The fourth-order valence-electron chi connectivity index (χ4n) is 2.22. The largest absolute Gasteiger partial charge is 0.356 e. The summed E-state index contributed by atoms with van der Waals surface area (Å²) in [7, 11) is 0. The Morgan fingerprint density at radius 2 is 1.48 bits per heavy atom. The summed E-state index contributed by atoms with van der Waals surface area (Å²) < 4.78 is 0. The average molecular weight is 383 g/mol. The zero-order valence-corrected chi connectivity index (χ0v) is 15.0. The molecule has 2 aromatic carbocycles. The van der Waals surface area contributed by atoms with Crippen LogP contribution in [-0.2, 0) is 17.1 Å². The van der Waals surface area contributed by atoms with Crippen LogP contribution in [0.5, 0.6) is 0 Å². The van der Waals surface area contributed by atoms with Gasteiger partial charge in [0.15, 0.2) is 0 Å². The van der Waals surface area contributed by atoms with Crippen LogP contribution in [-0.4, -0.2) is 29.2 Å². The molecular weight excluding hydrogens is 363 g/mol. The topological polar surface area (TPSA) is 81.6 Å². The minimum Gasteiger partial charge on any atom is -0.356 e. The third-order valence-electron chi connectivity index (χ3n) is 3.62. The summed E-state index contributed by atoms with van der Waals surface area (Å²) in [5.74, 6) is -2.39. The van der Waals surface area contributed by atoms with Crippen molar-refractivity contribution in [2.75, 3.05) is 13.1 Å². The van der Waals surface area contributed by atoms with Crippen molar-refractivity contribution in [2.45, 2.75) is 18.8 Å². The summed E-state index contributed by atoms with van der Waals surface area (Å²) in [4.78, 5) is 11.8. The minimum absolute atomic E-state index is 0.113. The van der Waals surface area contributed by atoms with Gasteiger partial charge in [0.2, 0.25) is 5.91 Å². The van der Waals surface area contributed by atoms with Crippen molar-refractivity contribution in [3.8, 4) is 0 Å². The summed E-state index contributed by atoms with van der Waals surface area (Å²) in [5, 5.41) is 26.5. The lowest BCUT2D eigenvalue weighted by Gasteiger charge is -2.23. The SMILES string of the molecule is O=C(CCNC(O)(O)c1ccc(Cl)cc1)NCCc1ccc(Cl)cc1. The first kappa shape index (κ1) is 19.7. The van der Waals surface area contributed by atoms with Gasteiger partial charge in [0, 0.05) is 35.1 Å². The molecule has 1 amide bonds. The first-order chi connectivity index (χ1) is 11.9. The Kier molecular flexibility index (Phi) is 7.23. The third-order valence-corrected chi connectivity index (χ3v) is 4.12.